The zero-order valence-corrected chi connectivity index (χ0v) is 18.9. The molecule has 2 aliphatic heterocycles. The van der Waals surface area contributed by atoms with Crippen LogP contribution in [0.3, 0.4) is 0 Å². The Balaban J connectivity index is 1.65. The minimum Gasteiger partial charge on any atom is -0.339 e. The number of benzene rings is 1. The van der Waals surface area contributed by atoms with Crippen molar-refractivity contribution in [2.75, 3.05) is 7.05 Å². The van der Waals surface area contributed by atoms with Crippen LogP contribution in [0.4, 0.5) is 0 Å². The molecule has 0 unspecified atom stereocenters. The smallest absolute Gasteiger partial charge is 0.262 e. The van der Waals surface area contributed by atoms with Gasteiger partial charge in [-0.2, -0.15) is 4.31 Å². The lowest BCUT2D eigenvalue weighted by Gasteiger charge is -2.49. The van der Waals surface area contributed by atoms with Crippen molar-refractivity contribution in [1.29, 1.82) is 0 Å². The highest BCUT2D eigenvalue weighted by Crippen LogP contribution is 2.56. The summed E-state index contributed by atoms with van der Waals surface area (Å²) in [6.07, 6.45) is 9.40. The Labute approximate surface area is 179 Å². The number of sulfonamides is 1. The summed E-state index contributed by atoms with van der Waals surface area (Å²) in [5.41, 5.74) is 1.19. The Morgan fingerprint density at radius 3 is 2.47 bits per heavy atom. The maximum absolute atomic E-state index is 14.0. The number of nitrogens with zero attached hydrogens (tertiary/aromatic N) is 4. The van der Waals surface area contributed by atoms with Gasteiger partial charge in [0.1, 0.15) is 0 Å². The molecule has 3 aliphatic rings. The van der Waals surface area contributed by atoms with Crippen LogP contribution in [0, 0.1) is 5.41 Å². The van der Waals surface area contributed by atoms with Crippen LogP contribution in [-0.4, -0.2) is 58.4 Å². The Hall–Kier alpha value is -1.70. The summed E-state index contributed by atoms with van der Waals surface area (Å²) in [7, 11) is 0.353. The second-order valence-electron chi connectivity index (χ2n) is 9.73. The van der Waals surface area contributed by atoms with Crippen LogP contribution >= 0.6 is 0 Å². The molecule has 3 heterocycles. The van der Waals surface area contributed by atoms with Gasteiger partial charge in [-0.15, -0.1) is 0 Å². The molecule has 0 spiro atoms. The Morgan fingerprint density at radius 1 is 1.10 bits per heavy atom. The molecule has 1 aliphatic carbocycles. The van der Waals surface area contributed by atoms with E-state index in [1.807, 2.05) is 29.6 Å². The number of imidazole rings is 1. The molecule has 5 rings (SSSR count). The summed E-state index contributed by atoms with van der Waals surface area (Å²) < 4.78 is 31.7. The fourth-order valence-corrected chi connectivity index (χ4v) is 8.56. The third-order valence-corrected chi connectivity index (χ3v) is 9.80. The Bertz CT molecular complexity index is 1020. The molecular formula is C23H32N4O2S. The molecule has 3 fully saturated rings. The van der Waals surface area contributed by atoms with Crippen LogP contribution in [0.1, 0.15) is 44.6 Å². The van der Waals surface area contributed by atoms with Crippen molar-refractivity contribution in [3.63, 3.8) is 0 Å². The molecule has 7 heteroatoms. The molecule has 0 N–H and O–H groups in total. The predicted octanol–water partition coefficient (Wildman–Crippen LogP) is 3.06. The first-order valence-corrected chi connectivity index (χ1v) is 12.5. The van der Waals surface area contributed by atoms with Crippen molar-refractivity contribution >= 4 is 10.0 Å². The van der Waals surface area contributed by atoms with Gasteiger partial charge in [0, 0.05) is 42.8 Å². The van der Waals surface area contributed by atoms with Crippen LogP contribution in [-0.2, 0) is 23.5 Å². The number of fused-ring (bicyclic) bond motifs is 1. The molecular weight excluding hydrogens is 396 g/mol. The summed E-state index contributed by atoms with van der Waals surface area (Å²) in [5.74, 6) is 0. The van der Waals surface area contributed by atoms with E-state index in [4.69, 9.17) is 0 Å². The molecule has 6 nitrogen and oxygen atoms in total. The largest absolute Gasteiger partial charge is 0.339 e. The van der Waals surface area contributed by atoms with Crippen LogP contribution < -0.4 is 0 Å². The minimum atomic E-state index is -3.69. The number of aromatic nitrogens is 2. The van der Waals surface area contributed by atoms with Crippen molar-refractivity contribution in [3.8, 4) is 0 Å². The minimum absolute atomic E-state index is 0.00897. The highest BCUT2D eigenvalue weighted by Gasteiger charge is 2.63. The molecule has 162 valence electrons. The van der Waals surface area contributed by atoms with E-state index in [1.54, 1.807) is 17.1 Å². The summed E-state index contributed by atoms with van der Waals surface area (Å²) in [6.45, 7) is 2.34. The van der Waals surface area contributed by atoms with E-state index in [0.717, 1.165) is 32.1 Å². The van der Waals surface area contributed by atoms with Gasteiger partial charge in [-0.05, 0) is 38.3 Å². The van der Waals surface area contributed by atoms with Gasteiger partial charge in [-0.25, -0.2) is 13.4 Å². The van der Waals surface area contributed by atoms with E-state index in [1.165, 1.54) is 12.0 Å². The third kappa shape index (κ3) is 2.97. The normalized spacial score (nSPS) is 34.8. The molecule has 1 aromatic heterocycles. The average Bonchev–Trinajstić information content (AvgIpc) is 3.19. The van der Waals surface area contributed by atoms with Crippen LogP contribution in [0.2, 0.25) is 0 Å². The maximum Gasteiger partial charge on any atom is 0.262 e. The molecule has 0 radical (unpaired) electrons. The lowest BCUT2D eigenvalue weighted by Crippen LogP contribution is -2.61. The molecule has 2 bridgehead atoms. The Kier molecular flexibility index (Phi) is 4.84. The summed E-state index contributed by atoms with van der Waals surface area (Å²) >= 11 is 0. The second kappa shape index (κ2) is 7.18. The van der Waals surface area contributed by atoms with E-state index in [0.29, 0.717) is 6.04 Å². The van der Waals surface area contributed by atoms with Crippen LogP contribution in [0.15, 0.2) is 47.9 Å². The van der Waals surface area contributed by atoms with Gasteiger partial charge in [-0.1, -0.05) is 50.1 Å². The maximum atomic E-state index is 14.0. The molecule has 1 saturated carbocycles. The van der Waals surface area contributed by atoms with Gasteiger partial charge in [0.05, 0.1) is 6.33 Å². The molecule has 1 aromatic carbocycles. The van der Waals surface area contributed by atoms with E-state index < -0.39 is 10.0 Å². The number of piperidine rings is 1. The van der Waals surface area contributed by atoms with Crippen molar-refractivity contribution < 1.29 is 8.42 Å². The monoisotopic (exact) mass is 428 g/mol. The van der Waals surface area contributed by atoms with Gasteiger partial charge in [0.2, 0.25) is 0 Å². The molecule has 2 saturated heterocycles. The number of likely N-dealkylation sites (N-methyl/N-ethyl adjacent to an activating group) is 1. The third-order valence-electron chi connectivity index (χ3n) is 7.98. The molecule has 5 atom stereocenters. The fraction of sp³-hybridized carbons (Fsp3) is 0.609. The lowest BCUT2D eigenvalue weighted by atomic mass is 9.70. The first-order valence-electron chi connectivity index (χ1n) is 11.1. The van der Waals surface area contributed by atoms with Gasteiger partial charge in [-0.3, -0.25) is 4.90 Å². The van der Waals surface area contributed by atoms with E-state index in [9.17, 15) is 8.42 Å². The number of hydrogen-bond donors (Lipinski definition) is 0. The summed E-state index contributed by atoms with van der Waals surface area (Å²) in [5, 5.41) is 0.177. The first kappa shape index (κ1) is 20.2. The molecule has 2 aromatic rings. The fourth-order valence-electron chi connectivity index (χ4n) is 6.61. The van der Waals surface area contributed by atoms with Crippen molar-refractivity contribution in [1.82, 2.24) is 18.8 Å². The number of aryl methyl sites for hydroxylation is 1. The predicted molar refractivity (Wildman–Crippen MR) is 116 cm³/mol. The molecule has 30 heavy (non-hydrogen) atoms. The van der Waals surface area contributed by atoms with Gasteiger partial charge in [0.25, 0.3) is 10.0 Å². The number of likely N-dealkylation sites (tertiary alicyclic amines) is 1. The lowest BCUT2D eigenvalue weighted by molar-refractivity contribution is 0.0607. The van der Waals surface area contributed by atoms with Crippen molar-refractivity contribution in [2.45, 2.75) is 74.6 Å². The summed E-state index contributed by atoms with van der Waals surface area (Å²) in [6, 6.07) is 11.0. The zero-order chi connectivity index (χ0) is 21.1. The summed E-state index contributed by atoms with van der Waals surface area (Å²) in [4.78, 5) is 6.78. The van der Waals surface area contributed by atoms with Gasteiger partial charge >= 0.3 is 0 Å². The average molecular weight is 429 g/mol. The number of hydrogen-bond acceptors (Lipinski definition) is 4. The van der Waals surface area contributed by atoms with Crippen molar-refractivity contribution in [2.24, 2.45) is 12.5 Å². The van der Waals surface area contributed by atoms with Crippen LogP contribution in [0.25, 0.3) is 0 Å². The SMILES string of the molecule is CN1[C@H]2CCCC[C@H]3N(S(=O)(=O)c4cn(C)cn4)[C@@H](Cc4ccccc4)[C@@H]1C[C@@]23C. The van der Waals surface area contributed by atoms with E-state index >= 15 is 0 Å². The standard InChI is InChI=1S/C23H32N4O2S/c1-23-14-19-18(13-17-9-5-4-6-10-17)27(30(28,29)22-15-25(2)16-24-22)21(23)12-8-7-11-20(23)26(19)3/h4-6,9-10,15-16,18-21H,7-8,11-14H2,1-3H3/t18-,19-,20-,21+,23-/m0/s1. The highest BCUT2D eigenvalue weighted by atomic mass is 32.2. The highest BCUT2D eigenvalue weighted by molar-refractivity contribution is 7.89. The van der Waals surface area contributed by atoms with E-state index in [-0.39, 0.29) is 28.6 Å². The molecule has 0 amide bonds. The topological polar surface area (TPSA) is 58.4 Å². The quantitative estimate of drug-likeness (QED) is 0.751. The zero-order valence-electron chi connectivity index (χ0n) is 18.1. The van der Waals surface area contributed by atoms with Gasteiger partial charge < -0.3 is 4.57 Å². The number of rotatable bonds is 4. The van der Waals surface area contributed by atoms with E-state index in [2.05, 4.69) is 36.0 Å². The van der Waals surface area contributed by atoms with Crippen LogP contribution in [0.5, 0.6) is 0 Å². The van der Waals surface area contributed by atoms with Crippen molar-refractivity contribution in [3.05, 3.63) is 48.4 Å². The first-order chi connectivity index (χ1) is 14.3. The Morgan fingerprint density at radius 2 is 1.80 bits per heavy atom. The van der Waals surface area contributed by atoms with Gasteiger partial charge in [0.15, 0.2) is 5.03 Å². The second-order valence-corrected chi connectivity index (χ2v) is 11.5.